The molecule has 104 valence electrons. The van der Waals surface area contributed by atoms with Gasteiger partial charge in [0, 0.05) is 36.6 Å². The molecule has 2 aliphatic heterocycles. The van der Waals surface area contributed by atoms with Gasteiger partial charge in [-0.3, -0.25) is 4.90 Å². The smallest absolute Gasteiger partial charge is 0.0685 e. The Morgan fingerprint density at radius 1 is 1.33 bits per heavy atom. The fraction of sp³-hybridized carbons (Fsp3) is 1.00. The van der Waals surface area contributed by atoms with Crippen LogP contribution in [0.25, 0.3) is 0 Å². The molecule has 18 heavy (non-hydrogen) atoms. The molecule has 2 saturated heterocycles. The standard InChI is InChI=1S/C15H28N2O/c1-4-17-8-5-6-11(17)10-16-13-12-7-9-18-14(12)15(13,2)3/h11-14,16H,4-10H2,1-3H3. The summed E-state index contributed by atoms with van der Waals surface area (Å²) in [5.74, 6) is 0.775. The number of ether oxygens (including phenoxy) is 1. The number of likely N-dealkylation sites (tertiary alicyclic amines) is 1. The highest BCUT2D eigenvalue weighted by Gasteiger charge is 2.59. The van der Waals surface area contributed by atoms with Crippen molar-refractivity contribution >= 4 is 0 Å². The van der Waals surface area contributed by atoms with Gasteiger partial charge in [-0.1, -0.05) is 20.8 Å². The van der Waals surface area contributed by atoms with Crippen molar-refractivity contribution < 1.29 is 4.74 Å². The Kier molecular flexibility index (Phi) is 3.41. The quantitative estimate of drug-likeness (QED) is 0.827. The first-order valence-electron chi connectivity index (χ1n) is 7.73. The third kappa shape index (κ3) is 1.91. The highest BCUT2D eigenvalue weighted by atomic mass is 16.5. The fourth-order valence-corrected chi connectivity index (χ4v) is 4.54. The number of rotatable bonds is 4. The number of hydrogen-bond donors (Lipinski definition) is 1. The molecule has 3 aliphatic rings. The van der Waals surface area contributed by atoms with Gasteiger partial charge in [0.2, 0.25) is 0 Å². The lowest BCUT2D eigenvalue weighted by atomic mass is 9.57. The second-order valence-corrected chi connectivity index (χ2v) is 6.88. The molecular formula is C15H28N2O. The van der Waals surface area contributed by atoms with Crippen molar-refractivity contribution in [2.45, 2.75) is 58.2 Å². The third-order valence-electron chi connectivity index (χ3n) is 5.58. The highest BCUT2D eigenvalue weighted by molar-refractivity contribution is 5.11. The van der Waals surface area contributed by atoms with E-state index < -0.39 is 0 Å². The Balaban J connectivity index is 1.54. The number of hydrogen-bond acceptors (Lipinski definition) is 3. The maximum absolute atomic E-state index is 5.86. The Morgan fingerprint density at radius 3 is 2.94 bits per heavy atom. The van der Waals surface area contributed by atoms with Crippen molar-refractivity contribution in [2.75, 3.05) is 26.2 Å². The monoisotopic (exact) mass is 252 g/mol. The van der Waals surface area contributed by atoms with E-state index in [1.165, 1.54) is 38.9 Å². The summed E-state index contributed by atoms with van der Waals surface area (Å²) in [5.41, 5.74) is 0.330. The SMILES string of the molecule is CCN1CCCC1CNC1C2CCOC2C1(C)C. The maximum Gasteiger partial charge on any atom is 0.0685 e. The zero-order valence-corrected chi connectivity index (χ0v) is 12.1. The van der Waals surface area contributed by atoms with Gasteiger partial charge in [0.1, 0.15) is 0 Å². The molecule has 1 saturated carbocycles. The fourth-order valence-electron chi connectivity index (χ4n) is 4.54. The van der Waals surface area contributed by atoms with E-state index in [1.54, 1.807) is 0 Å². The highest BCUT2D eigenvalue weighted by Crippen LogP contribution is 2.52. The molecular weight excluding hydrogens is 224 g/mol. The average molecular weight is 252 g/mol. The topological polar surface area (TPSA) is 24.5 Å². The lowest BCUT2D eigenvalue weighted by molar-refractivity contribution is -0.113. The summed E-state index contributed by atoms with van der Waals surface area (Å²) >= 11 is 0. The molecule has 0 aromatic heterocycles. The first-order chi connectivity index (χ1) is 8.64. The zero-order chi connectivity index (χ0) is 12.8. The van der Waals surface area contributed by atoms with E-state index in [2.05, 4.69) is 31.0 Å². The van der Waals surface area contributed by atoms with Crippen LogP contribution in [-0.4, -0.2) is 49.3 Å². The summed E-state index contributed by atoms with van der Waals surface area (Å²) in [6, 6.07) is 1.44. The first kappa shape index (κ1) is 12.9. The molecule has 3 rings (SSSR count). The van der Waals surface area contributed by atoms with Gasteiger partial charge in [-0.2, -0.15) is 0 Å². The van der Waals surface area contributed by atoms with Crippen molar-refractivity contribution in [3.8, 4) is 0 Å². The van der Waals surface area contributed by atoms with E-state index in [4.69, 9.17) is 4.74 Å². The first-order valence-corrected chi connectivity index (χ1v) is 7.73. The van der Waals surface area contributed by atoms with E-state index in [0.717, 1.165) is 18.6 Å². The lowest BCUT2D eigenvalue weighted by Gasteiger charge is -2.55. The average Bonchev–Trinajstić information content (AvgIpc) is 2.96. The zero-order valence-electron chi connectivity index (χ0n) is 12.1. The number of nitrogens with zero attached hydrogens (tertiary/aromatic N) is 1. The molecule has 3 heteroatoms. The molecule has 0 bridgehead atoms. The second kappa shape index (κ2) is 4.77. The van der Waals surface area contributed by atoms with E-state index in [9.17, 15) is 0 Å². The minimum Gasteiger partial charge on any atom is -0.377 e. The second-order valence-electron chi connectivity index (χ2n) is 6.88. The van der Waals surface area contributed by atoms with Crippen molar-refractivity contribution in [3.05, 3.63) is 0 Å². The van der Waals surface area contributed by atoms with E-state index in [1.807, 2.05) is 0 Å². The van der Waals surface area contributed by atoms with Gasteiger partial charge in [0.15, 0.2) is 0 Å². The summed E-state index contributed by atoms with van der Waals surface area (Å²) in [6.45, 7) is 11.7. The van der Waals surface area contributed by atoms with Crippen molar-refractivity contribution in [1.82, 2.24) is 10.2 Å². The molecule has 4 unspecified atom stereocenters. The predicted molar refractivity (Wildman–Crippen MR) is 73.7 cm³/mol. The molecule has 3 nitrogen and oxygen atoms in total. The predicted octanol–water partition coefficient (Wildman–Crippen LogP) is 1.87. The van der Waals surface area contributed by atoms with Crippen LogP contribution in [0.3, 0.4) is 0 Å². The molecule has 0 aromatic rings. The maximum atomic E-state index is 5.86. The Hall–Kier alpha value is -0.120. The van der Waals surface area contributed by atoms with Gasteiger partial charge >= 0.3 is 0 Å². The van der Waals surface area contributed by atoms with Crippen LogP contribution < -0.4 is 5.32 Å². The largest absolute Gasteiger partial charge is 0.377 e. The van der Waals surface area contributed by atoms with Crippen molar-refractivity contribution in [1.29, 1.82) is 0 Å². The van der Waals surface area contributed by atoms with Crippen molar-refractivity contribution in [2.24, 2.45) is 11.3 Å². The molecule has 2 heterocycles. The van der Waals surface area contributed by atoms with E-state index in [0.29, 0.717) is 17.6 Å². The molecule has 3 fully saturated rings. The van der Waals surface area contributed by atoms with Gasteiger partial charge < -0.3 is 10.1 Å². The normalized spacial score (nSPS) is 42.8. The molecule has 0 radical (unpaired) electrons. The van der Waals surface area contributed by atoms with Crippen LogP contribution in [0.1, 0.15) is 40.0 Å². The summed E-state index contributed by atoms with van der Waals surface area (Å²) in [5, 5.41) is 3.87. The molecule has 0 amide bonds. The Labute approximate surface area is 111 Å². The van der Waals surface area contributed by atoms with Gasteiger partial charge in [0.05, 0.1) is 6.10 Å². The molecule has 4 atom stereocenters. The molecule has 0 aromatic carbocycles. The van der Waals surface area contributed by atoms with Crippen LogP contribution >= 0.6 is 0 Å². The van der Waals surface area contributed by atoms with Gasteiger partial charge in [0.25, 0.3) is 0 Å². The summed E-state index contributed by atoms with van der Waals surface area (Å²) < 4.78 is 5.86. The Bertz CT molecular complexity index is 305. The molecule has 0 spiro atoms. The van der Waals surface area contributed by atoms with Crippen LogP contribution in [0, 0.1) is 11.3 Å². The van der Waals surface area contributed by atoms with Gasteiger partial charge in [-0.15, -0.1) is 0 Å². The van der Waals surface area contributed by atoms with Crippen LogP contribution in [0.5, 0.6) is 0 Å². The van der Waals surface area contributed by atoms with Crippen LogP contribution in [0.2, 0.25) is 0 Å². The minimum absolute atomic E-state index is 0.330. The Morgan fingerprint density at radius 2 is 2.17 bits per heavy atom. The van der Waals surface area contributed by atoms with Crippen LogP contribution in [-0.2, 0) is 4.74 Å². The number of nitrogens with one attached hydrogen (secondary N) is 1. The lowest BCUT2D eigenvalue weighted by Crippen LogP contribution is -2.66. The number of fused-ring (bicyclic) bond motifs is 1. The minimum atomic E-state index is 0.330. The van der Waals surface area contributed by atoms with Crippen LogP contribution in [0.15, 0.2) is 0 Å². The molecule has 1 aliphatic carbocycles. The van der Waals surface area contributed by atoms with E-state index >= 15 is 0 Å². The summed E-state index contributed by atoms with van der Waals surface area (Å²) in [6.07, 6.45) is 4.52. The third-order valence-corrected chi connectivity index (χ3v) is 5.58. The van der Waals surface area contributed by atoms with Crippen molar-refractivity contribution in [3.63, 3.8) is 0 Å². The van der Waals surface area contributed by atoms with Gasteiger partial charge in [-0.25, -0.2) is 0 Å². The summed E-state index contributed by atoms with van der Waals surface area (Å²) in [4.78, 5) is 2.63. The van der Waals surface area contributed by atoms with Gasteiger partial charge in [-0.05, 0) is 32.4 Å². The van der Waals surface area contributed by atoms with E-state index in [-0.39, 0.29) is 0 Å². The molecule has 1 N–H and O–H groups in total. The summed E-state index contributed by atoms with van der Waals surface area (Å²) in [7, 11) is 0. The van der Waals surface area contributed by atoms with Crippen LogP contribution in [0.4, 0.5) is 0 Å². The number of likely N-dealkylation sites (N-methyl/N-ethyl adjacent to an activating group) is 1.